The van der Waals surface area contributed by atoms with E-state index >= 15 is 0 Å². The van der Waals surface area contributed by atoms with Gasteiger partial charge in [0.05, 0.1) is 17.4 Å². The molecule has 3 N–H and O–H groups in total. The van der Waals surface area contributed by atoms with Crippen LogP contribution in [-0.4, -0.2) is 42.1 Å². The minimum absolute atomic E-state index is 0.0121. The van der Waals surface area contributed by atoms with Crippen molar-refractivity contribution in [3.8, 4) is 5.75 Å². The Bertz CT molecular complexity index is 1060. The van der Waals surface area contributed by atoms with E-state index in [1.165, 1.54) is 12.1 Å². The standard InChI is InChI=1S/C28H33FN2O5/c29-22-9-7-21(8-10-22)28(15-1-2-16-28)27(35)31-18-17-30-25(32)19-3-11-23(12-4-19)36-24-13-5-20(6-14-24)26(33)34/h3-4,7-12,20,24H,1-2,5-6,13-18H2,(H,30,32)(H,31,35)(H,33,34). The van der Waals surface area contributed by atoms with E-state index in [1.807, 2.05) is 0 Å². The lowest BCUT2D eigenvalue weighted by Gasteiger charge is -2.28. The minimum Gasteiger partial charge on any atom is -0.490 e. The highest BCUT2D eigenvalue weighted by Crippen LogP contribution is 2.41. The summed E-state index contributed by atoms with van der Waals surface area (Å²) in [4.78, 5) is 36.6. The average molecular weight is 497 g/mol. The Labute approximate surface area is 210 Å². The second kappa shape index (κ2) is 11.5. The summed E-state index contributed by atoms with van der Waals surface area (Å²) in [5.74, 6) is -1.02. The fraction of sp³-hybridized carbons (Fsp3) is 0.464. The lowest BCUT2D eigenvalue weighted by Crippen LogP contribution is -2.45. The van der Waals surface area contributed by atoms with E-state index in [0.717, 1.165) is 31.2 Å². The molecule has 36 heavy (non-hydrogen) atoms. The molecule has 0 atom stereocenters. The highest BCUT2D eigenvalue weighted by Gasteiger charge is 2.42. The number of nitrogens with one attached hydrogen (secondary N) is 2. The zero-order valence-electron chi connectivity index (χ0n) is 20.3. The topological polar surface area (TPSA) is 105 Å². The summed E-state index contributed by atoms with van der Waals surface area (Å²) in [7, 11) is 0. The quantitative estimate of drug-likeness (QED) is 0.451. The maximum Gasteiger partial charge on any atom is 0.306 e. The van der Waals surface area contributed by atoms with Gasteiger partial charge in [0.25, 0.3) is 5.91 Å². The molecular formula is C28H33FN2O5. The van der Waals surface area contributed by atoms with Gasteiger partial charge in [-0.25, -0.2) is 4.39 Å². The summed E-state index contributed by atoms with van der Waals surface area (Å²) in [6.45, 7) is 0.586. The van der Waals surface area contributed by atoms with E-state index in [9.17, 15) is 18.8 Å². The van der Waals surface area contributed by atoms with Crippen LogP contribution in [0.3, 0.4) is 0 Å². The molecule has 2 aromatic rings. The first-order valence-corrected chi connectivity index (χ1v) is 12.7. The van der Waals surface area contributed by atoms with Crippen molar-refractivity contribution in [1.29, 1.82) is 0 Å². The van der Waals surface area contributed by atoms with Gasteiger partial charge in [0.1, 0.15) is 11.6 Å². The monoisotopic (exact) mass is 496 g/mol. The van der Waals surface area contributed by atoms with E-state index in [-0.39, 0.29) is 36.2 Å². The van der Waals surface area contributed by atoms with Crippen LogP contribution in [0.25, 0.3) is 0 Å². The predicted molar refractivity (Wildman–Crippen MR) is 132 cm³/mol. The minimum atomic E-state index is -0.741. The number of amides is 2. The first kappa shape index (κ1) is 25.7. The summed E-state index contributed by atoms with van der Waals surface area (Å²) < 4.78 is 19.3. The Morgan fingerprint density at radius 2 is 1.50 bits per heavy atom. The number of benzene rings is 2. The first-order valence-electron chi connectivity index (χ1n) is 12.7. The second-order valence-corrected chi connectivity index (χ2v) is 9.76. The summed E-state index contributed by atoms with van der Waals surface area (Å²) >= 11 is 0. The van der Waals surface area contributed by atoms with Crippen molar-refractivity contribution in [2.24, 2.45) is 5.92 Å². The molecule has 7 nitrogen and oxygen atoms in total. The number of halogens is 1. The van der Waals surface area contributed by atoms with Gasteiger partial charge in [0.15, 0.2) is 0 Å². The Morgan fingerprint density at radius 3 is 2.11 bits per heavy atom. The molecule has 2 amide bonds. The van der Waals surface area contributed by atoms with Crippen LogP contribution in [0.2, 0.25) is 0 Å². The van der Waals surface area contributed by atoms with Gasteiger partial charge in [-0.05, 0) is 80.5 Å². The molecule has 0 aliphatic heterocycles. The number of carboxylic acid groups (broad SMARTS) is 1. The van der Waals surface area contributed by atoms with Crippen LogP contribution in [-0.2, 0) is 15.0 Å². The van der Waals surface area contributed by atoms with Crippen molar-refractivity contribution in [3.63, 3.8) is 0 Å². The van der Waals surface area contributed by atoms with E-state index in [1.54, 1.807) is 36.4 Å². The average Bonchev–Trinajstić information content (AvgIpc) is 3.39. The van der Waals surface area contributed by atoms with Gasteiger partial charge < -0.3 is 20.5 Å². The first-order chi connectivity index (χ1) is 17.4. The summed E-state index contributed by atoms with van der Waals surface area (Å²) in [5.41, 5.74) is 0.683. The number of ether oxygens (including phenoxy) is 1. The molecule has 0 spiro atoms. The number of aliphatic carboxylic acids is 1. The molecule has 0 saturated heterocycles. The van der Waals surface area contributed by atoms with Crippen LogP contribution in [0, 0.1) is 11.7 Å². The van der Waals surface area contributed by atoms with E-state index in [4.69, 9.17) is 9.84 Å². The number of hydrogen-bond acceptors (Lipinski definition) is 4. The Balaban J connectivity index is 1.22. The fourth-order valence-electron chi connectivity index (χ4n) is 5.32. The van der Waals surface area contributed by atoms with Crippen molar-refractivity contribution in [2.75, 3.05) is 13.1 Å². The Hall–Kier alpha value is -3.42. The van der Waals surface area contributed by atoms with Crippen LogP contribution in [0.4, 0.5) is 4.39 Å². The summed E-state index contributed by atoms with van der Waals surface area (Å²) in [6, 6.07) is 13.0. The molecule has 192 valence electrons. The van der Waals surface area contributed by atoms with Crippen molar-refractivity contribution >= 4 is 17.8 Å². The number of carboxylic acids is 1. The lowest BCUT2D eigenvalue weighted by atomic mass is 9.78. The third-order valence-corrected chi connectivity index (χ3v) is 7.43. The Morgan fingerprint density at radius 1 is 0.889 bits per heavy atom. The lowest BCUT2D eigenvalue weighted by molar-refractivity contribution is -0.143. The highest BCUT2D eigenvalue weighted by atomic mass is 19.1. The molecule has 0 aromatic heterocycles. The molecule has 8 heteroatoms. The van der Waals surface area contributed by atoms with Gasteiger partial charge in [-0.2, -0.15) is 0 Å². The largest absolute Gasteiger partial charge is 0.490 e. The van der Waals surface area contributed by atoms with Gasteiger partial charge in [-0.15, -0.1) is 0 Å². The molecule has 0 unspecified atom stereocenters. The highest BCUT2D eigenvalue weighted by molar-refractivity contribution is 5.94. The molecular weight excluding hydrogens is 463 g/mol. The van der Waals surface area contributed by atoms with Gasteiger partial charge in [0.2, 0.25) is 5.91 Å². The molecule has 2 fully saturated rings. The third-order valence-electron chi connectivity index (χ3n) is 7.43. The smallest absolute Gasteiger partial charge is 0.306 e. The zero-order chi connectivity index (χ0) is 25.5. The van der Waals surface area contributed by atoms with Crippen LogP contribution >= 0.6 is 0 Å². The van der Waals surface area contributed by atoms with Gasteiger partial charge in [-0.3, -0.25) is 14.4 Å². The van der Waals surface area contributed by atoms with Crippen LogP contribution < -0.4 is 15.4 Å². The molecule has 0 radical (unpaired) electrons. The van der Waals surface area contributed by atoms with Crippen LogP contribution in [0.5, 0.6) is 5.75 Å². The molecule has 0 heterocycles. The van der Waals surface area contributed by atoms with Gasteiger partial charge >= 0.3 is 5.97 Å². The summed E-state index contributed by atoms with van der Waals surface area (Å²) in [6.07, 6.45) is 5.97. The van der Waals surface area contributed by atoms with E-state index < -0.39 is 11.4 Å². The third kappa shape index (κ3) is 6.04. The molecule has 2 aliphatic rings. The van der Waals surface area contributed by atoms with Crippen molar-refractivity contribution in [1.82, 2.24) is 10.6 Å². The van der Waals surface area contributed by atoms with E-state index in [2.05, 4.69) is 10.6 Å². The maximum atomic E-state index is 13.4. The van der Waals surface area contributed by atoms with Crippen molar-refractivity contribution in [2.45, 2.75) is 62.9 Å². The predicted octanol–water partition coefficient (Wildman–Crippen LogP) is 4.21. The Kier molecular flexibility index (Phi) is 8.23. The molecule has 0 bridgehead atoms. The molecule has 4 rings (SSSR count). The SMILES string of the molecule is O=C(NCCNC(=O)C1(c2ccc(F)cc2)CCCC1)c1ccc(OC2CCC(C(=O)O)CC2)cc1. The van der Waals surface area contributed by atoms with Crippen LogP contribution in [0.1, 0.15) is 67.3 Å². The fourth-order valence-corrected chi connectivity index (χ4v) is 5.32. The number of rotatable bonds is 9. The van der Waals surface area contributed by atoms with Crippen molar-refractivity contribution in [3.05, 3.63) is 65.5 Å². The second-order valence-electron chi connectivity index (χ2n) is 9.76. The molecule has 2 aliphatic carbocycles. The van der Waals surface area contributed by atoms with Gasteiger partial charge in [-0.1, -0.05) is 25.0 Å². The van der Waals surface area contributed by atoms with Gasteiger partial charge in [0, 0.05) is 18.7 Å². The number of carbonyl (C=O) groups is 3. The molecule has 2 saturated carbocycles. The van der Waals surface area contributed by atoms with Crippen molar-refractivity contribution < 1.29 is 28.6 Å². The normalized spacial score (nSPS) is 20.9. The number of hydrogen-bond donors (Lipinski definition) is 3. The number of carbonyl (C=O) groups excluding carboxylic acids is 2. The molecule has 2 aromatic carbocycles. The summed E-state index contributed by atoms with van der Waals surface area (Å²) in [5, 5.41) is 14.9. The van der Waals surface area contributed by atoms with Crippen LogP contribution in [0.15, 0.2) is 48.5 Å². The zero-order valence-corrected chi connectivity index (χ0v) is 20.3. The van der Waals surface area contributed by atoms with E-state index in [0.29, 0.717) is 43.5 Å². The maximum absolute atomic E-state index is 13.4.